The highest BCUT2D eigenvalue weighted by atomic mass is 19.3. The van der Waals surface area contributed by atoms with E-state index in [1.807, 2.05) is 12.1 Å². The summed E-state index contributed by atoms with van der Waals surface area (Å²) in [7, 11) is 1.78. The zero-order valence-corrected chi connectivity index (χ0v) is 18.6. The van der Waals surface area contributed by atoms with Gasteiger partial charge in [-0.25, -0.2) is 8.78 Å². The SMILES string of the molecule is Cn1ncc(-c2ccc3c(c2)CN(C2CCC(=O)NC2=O)C3=O)c1-c1ccc(C(C)(F)F)cc1. The summed E-state index contributed by atoms with van der Waals surface area (Å²) < 4.78 is 28.9. The molecule has 5 rings (SSSR count). The van der Waals surface area contributed by atoms with Crippen LogP contribution in [0.2, 0.25) is 0 Å². The maximum absolute atomic E-state index is 13.6. The highest BCUT2D eigenvalue weighted by Crippen LogP contribution is 2.36. The van der Waals surface area contributed by atoms with E-state index in [2.05, 4.69) is 10.4 Å². The van der Waals surface area contributed by atoms with Gasteiger partial charge in [0.1, 0.15) is 6.04 Å². The number of benzene rings is 2. The molecule has 0 spiro atoms. The lowest BCUT2D eigenvalue weighted by Gasteiger charge is -2.29. The number of hydrogen-bond acceptors (Lipinski definition) is 4. The first kappa shape index (κ1) is 21.9. The van der Waals surface area contributed by atoms with Crippen LogP contribution in [-0.4, -0.2) is 38.4 Å². The largest absolute Gasteiger partial charge is 0.322 e. The van der Waals surface area contributed by atoms with Crippen molar-refractivity contribution in [2.75, 3.05) is 0 Å². The molecule has 174 valence electrons. The molecule has 1 N–H and O–H groups in total. The summed E-state index contributed by atoms with van der Waals surface area (Å²) in [4.78, 5) is 38.2. The van der Waals surface area contributed by atoms with E-state index in [1.165, 1.54) is 17.0 Å². The van der Waals surface area contributed by atoms with Gasteiger partial charge in [0.15, 0.2) is 0 Å². The molecule has 9 heteroatoms. The van der Waals surface area contributed by atoms with Crippen LogP contribution in [0.5, 0.6) is 0 Å². The van der Waals surface area contributed by atoms with Crippen molar-refractivity contribution in [2.45, 2.75) is 38.3 Å². The summed E-state index contributed by atoms with van der Waals surface area (Å²) in [5.41, 5.74) is 4.36. The van der Waals surface area contributed by atoms with Crippen LogP contribution >= 0.6 is 0 Å². The number of alkyl halides is 2. The Kier molecular flexibility index (Phi) is 5.07. The van der Waals surface area contributed by atoms with Gasteiger partial charge >= 0.3 is 0 Å². The molecular formula is C25H22F2N4O3. The number of nitrogens with zero attached hydrogens (tertiary/aromatic N) is 3. The van der Waals surface area contributed by atoms with Crippen molar-refractivity contribution in [2.24, 2.45) is 7.05 Å². The fourth-order valence-electron chi connectivity index (χ4n) is 4.65. The van der Waals surface area contributed by atoms with E-state index < -0.39 is 17.9 Å². The number of aromatic nitrogens is 2. The number of carbonyl (C=O) groups excluding carboxylic acids is 3. The molecule has 0 bridgehead atoms. The number of piperidine rings is 1. The number of fused-ring (bicyclic) bond motifs is 1. The van der Waals surface area contributed by atoms with E-state index in [0.717, 1.165) is 34.9 Å². The van der Waals surface area contributed by atoms with Crippen LogP contribution in [0.3, 0.4) is 0 Å². The third-order valence-corrected chi connectivity index (χ3v) is 6.44. The Labute approximate surface area is 194 Å². The van der Waals surface area contributed by atoms with Gasteiger partial charge in [0, 0.05) is 49.2 Å². The zero-order chi connectivity index (χ0) is 24.2. The molecule has 2 aliphatic heterocycles. The number of halogens is 2. The van der Waals surface area contributed by atoms with Crippen LogP contribution in [0.15, 0.2) is 48.7 Å². The molecule has 1 aromatic heterocycles. The predicted molar refractivity (Wildman–Crippen MR) is 120 cm³/mol. The fraction of sp³-hybridized carbons (Fsp3) is 0.280. The molecule has 1 fully saturated rings. The second kappa shape index (κ2) is 7.86. The monoisotopic (exact) mass is 464 g/mol. The molecule has 3 aromatic rings. The summed E-state index contributed by atoms with van der Waals surface area (Å²) in [6.07, 6.45) is 2.20. The van der Waals surface area contributed by atoms with Gasteiger partial charge in [-0.15, -0.1) is 0 Å². The molecule has 2 aromatic carbocycles. The first-order valence-corrected chi connectivity index (χ1v) is 10.9. The van der Waals surface area contributed by atoms with Crippen molar-refractivity contribution in [3.63, 3.8) is 0 Å². The summed E-state index contributed by atoms with van der Waals surface area (Å²) >= 11 is 0. The van der Waals surface area contributed by atoms with Crippen LogP contribution < -0.4 is 5.32 Å². The van der Waals surface area contributed by atoms with E-state index in [0.29, 0.717) is 12.0 Å². The van der Waals surface area contributed by atoms with Crippen molar-refractivity contribution < 1.29 is 23.2 Å². The van der Waals surface area contributed by atoms with Gasteiger partial charge in [-0.05, 0) is 29.7 Å². The molecular weight excluding hydrogens is 442 g/mol. The van der Waals surface area contributed by atoms with Gasteiger partial charge in [0.25, 0.3) is 11.8 Å². The Bertz CT molecular complexity index is 1320. The van der Waals surface area contributed by atoms with Crippen LogP contribution in [0.4, 0.5) is 8.78 Å². The number of carbonyl (C=O) groups is 3. The lowest BCUT2D eigenvalue weighted by Crippen LogP contribution is -2.52. The van der Waals surface area contributed by atoms with Crippen LogP contribution in [0.25, 0.3) is 22.4 Å². The van der Waals surface area contributed by atoms with Crippen molar-refractivity contribution >= 4 is 17.7 Å². The maximum atomic E-state index is 13.6. The van der Waals surface area contributed by atoms with Crippen molar-refractivity contribution in [1.82, 2.24) is 20.0 Å². The van der Waals surface area contributed by atoms with Gasteiger partial charge in [-0.3, -0.25) is 24.4 Å². The van der Waals surface area contributed by atoms with Crippen LogP contribution in [-0.2, 0) is 29.1 Å². The summed E-state index contributed by atoms with van der Waals surface area (Å²) in [6, 6.07) is 10.9. The Morgan fingerprint density at radius 3 is 2.41 bits per heavy atom. The van der Waals surface area contributed by atoms with Crippen LogP contribution in [0.1, 0.15) is 41.3 Å². The standard InChI is InChI=1S/C25H22F2N4O3/c1-25(26,27)17-6-3-14(4-7-17)22-19(12-28-30(22)2)15-5-8-18-16(11-15)13-31(24(18)34)20-9-10-21(32)29-23(20)33/h3-8,11-12,20H,9-10,13H2,1-2H3,(H,29,32,33). The number of imide groups is 1. The molecule has 1 unspecified atom stereocenters. The molecule has 0 aliphatic carbocycles. The van der Waals surface area contributed by atoms with E-state index >= 15 is 0 Å². The van der Waals surface area contributed by atoms with E-state index in [9.17, 15) is 23.2 Å². The molecule has 3 heterocycles. The maximum Gasteiger partial charge on any atom is 0.270 e. The number of hydrogen-bond donors (Lipinski definition) is 1. The molecule has 2 aliphatic rings. The average Bonchev–Trinajstić information content (AvgIpc) is 3.33. The van der Waals surface area contributed by atoms with Gasteiger partial charge in [-0.2, -0.15) is 5.10 Å². The average molecular weight is 464 g/mol. The second-order valence-corrected chi connectivity index (χ2v) is 8.77. The lowest BCUT2D eigenvalue weighted by molar-refractivity contribution is -0.136. The number of nitrogens with one attached hydrogen (secondary N) is 1. The first-order valence-electron chi connectivity index (χ1n) is 10.9. The molecule has 34 heavy (non-hydrogen) atoms. The third-order valence-electron chi connectivity index (χ3n) is 6.44. The van der Waals surface area contributed by atoms with Gasteiger partial charge in [-0.1, -0.05) is 30.3 Å². The molecule has 0 radical (unpaired) electrons. The molecule has 1 atom stereocenters. The number of rotatable bonds is 4. The summed E-state index contributed by atoms with van der Waals surface area (Å²) in [5.74, 6) is -3.94. The van der Waals surface area contributed by atoms with Crippen LogP contribution in [0, 0.1) is 0 Å². The minimum atomic E-state index is -2.92. The Balaban J connectivity index is 1.47. The number of aryl methyl sites for hydroxylation is 1. The third kappa shape index (κ3) is 3.67. The van der Waals surface area contributed by atoms with E-state index in [-0.39, 0.29) is 30.3 Å². The fourth-order valence-corrected chi connectivity index (χ4v) is 4.65. The topological polar surface area (TPSA) is 84.3 Å². The number of amides is 3. The normalized spacial score (nSPS) is 18.3. The minimum absolute atomic E-state index is 0.0652. The lowest BCUT2D eigenvalue weighted by atomic mass is 9.97. The Morgan fingerprint density at radius 1 is 1.03 bits per heavy atom. The summed E-state index contributed by atoms with van der Waals surface area (Å²) in [6.45, 7) is 1.13. The van der Waals surface area contributed by atoms with Crippen molar-refractivity contribution in [3.8, 4) is 22.4 Å². The Morgan fingerprint density at radius 2 is 1.74 bits per heavy atom. The highest BCUT2D eigenvalue weighted by molar-refractivity contribution is 6.05. The summed E-state index contributed by atoms with van der Waals surface area (Å²) in [5, 5.41) is 6.66. The molecule has 3 amide bonds. The molecule has 0 saturated carbocycles. The van der Waals surface area contributed by atoms with Crippen molar-refractivity contribution in [1.29, 1.82) is 0 Å². The first-order chi connectivity index (χ1) is 16.1. The quantitative estimate of drug-likeness (QED) is 0.598. The molecule has 7 nitrogen and oxygen atoms in total. The zero-order valence-electron chi connectivity index (χ0n) is 18.6. The molecule has 1 saturated heterocycles. The van der Waals surface area contributed by atoms with Gasteiger partial charge in [0.05, 0.1) is 11.9 Å². The van der Waals surface area contributed by atoms with E-state index in [1.54, 1.807) is 36.1 Å². The van der Waals surface area contributed by atoms with Crippen molar-refractivity contribution in [3.05, 3.63) is 65.4 Å². The predicted octanol–water partition coefficient (Wildman–Crippen LogP) is 3.63. The second-order valence-electron chi connectivity index (χ2n) is 8.77. The van der Waals surface area contributed by atoms with Gasteiger partial charge < -0.3 is 4.90 Å². The van der Waals surface area contributed by atoms with E-state index in [4.69, 9.17) is 0 Å². The highest BCUT2D eigenvalue weighted by Gasteiger charge is 2.39. The Hall–Kier alpha value is -3.88. The van der Waals surface area contributed by atoms with Gasteiger partial charge in [0.2, 0.25) is 11.8 Å². The smallest absolute Gasteiger partial charge is 0.270 e. The minimum Gasteiger partial charge on any atom is -0.322 e.